The number of nitrogens with one attached hydrogen (secondary N) is 2. The SMILES string of the molecule is C#Cc1cc(C[C@@H](NC(=O)N2CCC(N3Cc4sccc4NC3=O)CC2)C(=O)N2CCN(C3CC4CCC(C3)N4C)CC2)cc(Cl)c1N. The van der Waals surface area contributed by atoms with Crippen molar-refractivity contribution in [3.63, 3.8) is 0 Å². The van der Waals surface area contributed by atoms with E-state index in [4.69, 9.17) is 23.8 Å². The highest BCUT2D eigenvalue weighted by molar-refractivity contribution is 7.10. The molecule has 4 fully saturated rings. The molecule has 2 aromatic rings. The van der Waals surface area contributed by atoms with Crippen LogP contribution in [0.2, 0.25) is 5.02 Å². The first kappa shape index (κ1) is 33.0. The van der Waals surface area contributed by atoms with Gasteiger partial charge < -0.3 is 36.0 Å². The number of piperidine rings is 2. The molecule has 2 unspecified atom stereocenters. The fourth-order valence-corrected chi connectivity index (χ4v) is 9.53. The van der Waals surface area contributed by atoms with Crippen LogP contribution in [0.1, 0.15) is 54.5 Å². The van der Waals surface area contributed by atoms with Crippen LogP contribution in [0.5, 0.6) is 0 Å². The smallest absolute Gasteiger partial charge is 0.322 e. The molecule has 7 rings (SSSR count). The van der Waals surface area contributed by atoms with Crippen LogP contribution in [0.25, 0.3) is 0 Å². The number of urea groups is 2. The van der Waals surface area contributed by atoms with Gasteiger partial charge in [0, 0.05) is 80.3 Å². The van der Waals surface area contributed by atoms with Gasteiger partial charge in [-0.3, -0.25) is 9.69 Å². The molecule has 11 nitrogen and oxygen atoms in total. The van der Waals surface area contributed by atoms with Crippen LogP contribution in [0.15, 0.2) is 23.6 Å². The molecule has 0 spiro atoms. The molecule has 2 bridgehead atoms. The molecule has 48 heavy (non-hydrogen) atoms. The van der Waals surface area contributed by atoms with E-state index in [1.807, 2.05) is 21.2 Å². The number of amides is 5. The Bertz CT molecular complexity index is 1580. The number of terminal acetylenes is 1. The molecule has 0 saturated carbocycles. The molecule has 0 aliphatic carbocycles. The van der Waals surface area contributed by atoms with Crippen molar-refractivity contribution in [1.82, 2.24) is 29.8 Å². The van der Waals surface area contributed by atoms with Gasteiger partial charge in [-0.2, -0.15) is 0 Å². The number of halogens is 1. The van der Waals surface area contributed by atoms with Gasteiger partial charge in [0.25, 0.3) is 0 Å². The molecule has 6 heterocycles. The largest absolute Gasteiger partial charge is 0.397 e. The maximum atomic E-state index is 14.2. The van der Waals surface area contributed by atoms with Gasteiger partial charge in [-0.05, 0) is 74.7 Å². The number of anilines is 2. The number of piperazine rings is 1. The molecular weight excluding hydrogens is 648 g/mol. The van der Waals surface area contributed by atoms with E-state index in [2.05, 4.69) is 33.4 Å². The van der Waals surface area contributed by atoms with Gasteiger partial charge in [0.05, 0.1) is 22.9 Å². The van der Waals surface area contributed by atoms with Crippen LogP contribution in [-0.2, 0) is 17.8 Å². The van der Waals surface area contributed by atoms with Crippen LogP contribution in [0.4, 0.5) is 21.0 Å². The van der Waals surface area contributed by atoms with Crippen LogP contribution < -0.4 is 16.4 Å². The number of nitrogens with zero attached hydrogens (tertiary/aromatic N) is 5. The van der Waals surface area contributed by atoms with Crippen molar-refractivity contribution in [2.24, 2.45) is 0 Å². The highest BCUT2D eigenvalue weighted by atomic mass is 35.5. The maximum absolute atomic E-state index is 14.2. The molecule has 5 aliphatic heterocycles. The van der Waals surface area contributed by atoms with Gasteiger partial charge in [0.15, 0.2) is 0 Å². The predicted octanol–water partition coefficient (Wildman–Crippen LogP) is 3.87. The average molecular weight is 693 g/mol. The van der Waals surface area contributed by atoms with E-state index < -0.39 is 6.04 Å². The molecular formula is C35H45ClN8O3S. The second kappa shape index (κ2) is 13.8. The van der Waals surface area contributed by atoms with Crippen LogP contribution in [0, 0.1) is 12.3 Å². The Hall–Kier alpha value is -3.50. The average Bonchev–Trinajstić information content (AvgIpc) is 3.62. The first-order valence-corrected chi connectivity index (χ1v) is 18.4. The van der Waals surface area contributed by atoms with Crippen LogP contribution >= 0.6 is 22.9 Å². The number of carbonyl (C=O) groups excluding carboxylic acids is 3. The number of hydrogen-bond acceptors (Lipinski definition) is 7. The van der Waals surface area contributed by atoms with Crippen LogP contribution in [0.3, 0.4) is 0 Å². The highest BCUT2D eigenvalue weighted by Gasteiger charge is 2.42. The number of benzene rings is 1. The van der Waals surface area contributed by atoms with Crippen LogP contribution in [-0.4, -0.2) is 119 Å². The summed E-state index contributed by atoms with van der Waals surface area (Å²) in [5.41, 5.74) is 8.51. The number of rotatable bonds is 6. The summed E-state index contributed by atoms with van der Waals surface area (Å²) in [6, 6.07) is 6.21. The van der Waals surface area contributed by atoms with Crippen molar-refractivity contribution in [2.45, 2.75) is 81.7 Å². The molecule has 1 aromatic heterocycles. The first-order chi connectivity index (χ1) is 23.2. The lowest BCUT2D eigenvalue weighted by atomic mass is 9.95. The Morgan fingerprint density at radius 1 is 1.04 bits per heavy atom. The molecule has 1 aromatic carbocycles. The molecule has 5 aliphatic rings. The third-order valence-corrected chi connectivity index (χ3v) is 12.6. The minimum absolute atomic E-state index is 0.0388. The second-order valence-electron chi connectivity index (χ2n) is 14.0. The summed E-state index contributed by atoms with van der Waals surface area (Å²) >= 11 is 8.06. The van der Waals surface area contributed by atoms with Crippen molar-refractivity contribution in [1.29, 1.82) is 0 Å². The fourth-order valence-electron chi connectivity index (χ4n) is 8.46. The number of nitrogen functional groups attached to an aromatic ring is 1. The second-order valence-corrected chi connectivity index (χ2v) is 15.4. The molecule has 0 radical (unpaired) electrons. The number of hydrogen-bond donors (Lipinski definition) is 3. The minimum atomic E-state index is -0.795. The molecule has 5 amide bonds. The van der Waals surface area contributed by atoms with E-state index in [0.717, 1.165) is 29.2 Å². The van der Waals surface area contributed by atoms with Gasteiger partial charge in [-0.1, -0.05) is 17.5 Å². The minimum Gasteiger partial charge on any atom is -0.397 e. The molecule has 3 atom stereocenters. The van der Waals surface area contributed by atoms with Gasteiger partial charge in [-0.15, -0.1) is 17.8 Å². The standard InChI is InChI=1S/C35H45ClN8O3S/c1-3-23-16-22(17-28(36)32(23)37)18-30(33(45)42-13-11-41(12-14-42)27-19-25-4-5-26(20-27)40(25)2)39-34(46)43-9-6-24(7-10-43)44-21-31-29(8-15-48-31)38-35(44)47/h1,8,15-17,24-27,30H,4-7,9-14,18-21,37H2,2H3,(H,38,47)(H,39,46)/t25?,26?,27?,30-/m1/s1. The van der Waals surface area contributed by atoms with E-state index in [-0.39, 0.29) is 30.4 Å². The number of carbonyl (C=O) groups is 3. The zero-order valence-corrected chi connectivity index (χ0v) is 29.1. The third-order valence-electron chi connectivity index (χ3n) is 11.4. The lowest BCUT2D eigenvalue weighted by Crippen LogP contribution is -2.60. The Kier molecular flexibility index (Phi) is 9.48. The van der Waals surface area contributed by atoms with Gasteiger partial charge in [0.2, 0.25) is 5.91 Å². The maximum Gasteiger partial charge on any atom is 0.322 e. The van der Waals surface area contributed by atoms with Crippen molar-refractivity contribution < 1.29 is 14.4 Å². The van der Waals surface area contributed by atoms with E-state index in [1.54, 1.807) is 28.4 Å². The Balaban J connectivity index is 1.00. The summed E-state index contributed by atoms with van der Waals surface area (Å²) in [5.74, 6) is 2.48. The fraction of sp³-hybridized carbons (Fsp3) is 0.571. The summed E-state index contributed by atoms with van der Waals surface area (Å²) in [6.07, 6.45) is 12.2. The Morgan fingerprint density at radius 2 is 1.75 bits per heavy atom. The molecule has 4 N–H and O–H groups in total. The number of fused-ring (bicyclic) bond motifs is 3. The van der Waals surface area contributed by atoms with Crippen molar-refractivity contribution in [3.8, 4) is 12.3 Å². The summed E-state index contributed by atoms with van der Waals surface area (Å²) in [5, 5.41) is 8.38. The van der Waals surface area contributed by atoms with Gasteiger partial charge in [-0.25, -0.2) is 9.59 Å². The topological polar surface area (TPSA) is 117 Å². The van der Waals surface area contributed by atoms with Crippen molar-refractivity contribution in [2.75, 3.05) is 57.4 Å². The summed E-state index contributed by atoms with van der Waals surface area (Å²) in [6.45, 7) is 4.48. The lowest BCUT2D eigenvalue weighted by molar-refractivity contribution is -0.135. The number of likely N-dealkylation sites (tertiary alicyclic amines) is 1. The molecule has 4 saturated heterocycles. The molecule has 13 heteroatoms. The zero-order chi connectivity index (χ0) is 33.5. The normalized spacial score (nSPS) is 25.7. The van der Waals surface area contributed by atoms with Gasteiger partial charge >= 0.3 is 12.1 Å². The summed E-state index contributed by atoms with van der Waals surface area (Å²) in [7, 11) is 2.26. The van der Waals surface area contributed by atoms with Crippen molar-refractivity contribution >= 4 is 52.3 Å². The van der Waals surface area contributed by atoms with E-state index >= 15 is 0 Å². The third kappa shape index (κ3) is 6.58. The summed E-state index contributed by atoms with van der Waals surface area (Å²) in [4.78, 5) is 52.5. The van der Waals surface area contributed by atoms with E-state index in [1.165, 1.54) is 25.7 Å². The molecule has 256 valence electrons. The number of thiophene rings is 1. The quantitative estimate of drug-likeness (QED) is 0.313. The number of nitrogens with two attached hydrogens (primary N) is 1. The van der Waals surface area contributed by atoms with E-state index in [9.17, 15) is 14.4 Å². The Morgan fingerprint density at radius 3 is 2.44 bits per heavy atom. The monoisotopic (exact) mass is 692 g/mol. The predicted molar refractivity (Wildman–Crippen MR) is 189 cm³/mol. The summed E-state index contributed by atoms with van der Waals surface area (Å²) < 4.78 is 0. The lowest BCUT2D eigenvalue weighted by Gasteiger charge is -2.45. The van der Waals surface area contributed by atoms with E-state index in [0.29, 0.717) is 80.0 Å². The zero-order valence-electron chi connectivity index (χ0n) is 27.5. The van der Waals surface area contributed by atoms with Crippen molar-refractivity contribution in [3.05, 3.63) is 44.6 Å². The Labute approximate surface area is 291 Å². The highest BCUT2D eigenvalue weighted by Crippen LogP contribution is 2.37. The first-order valence-electron chi connectivity index (χ1n) is 17.2. The van der Waals surface area contributed by atoms with Gasteiger partial charge in [0.1, 0.15) is 6.04 Å².